The Morgan fingerprint density at radius 3 is 2.18 bits per heavy atom. The highest BCUT2D eigenvalue weighted by Crippen LogP contribution is 2.32. The van der Waals surface area contributed by atoms with Crippen LogP contribution in [0.3, 0.4) is 0 Å². The molecule has 0 aliphatic heterocycles. The summed E-state index contributed by atoms with van der Waals surface area (Å²) >= 11 is 0. The maximum atomic E-state index is 9.64. The van der Waals surface area contributed by atoms with Gasteiger partial charge >= 0.3 is 0 Å². The van der Waals surface area contributed by atoms with Gasteiger partial charge in [-0.25, -0.2) is 0 Å². The van der Waals surface area contributed by atoms with Gasteiger partial charge in [0.2, 0.25) is 0 Å². The molecule has 17 heavy (non-hydrogen) atoms. The summed E-state index contributed by atoms with van der Waals surface area (Å²) in [4.78, 5) is 0. The van der Waals surface area contributed by atoms with Gasteiger partial charge in [-0.15, -0.1) is 0 Å². The van der Waals surface area contributed by atoms with E-state index < -0.39 is 24.1 Å². The zero-order chi connectivity index (χ0) is 12.9. The van der Waals surface area contributed by atoms with Crippen LogP contribution >= 0.6 is 0 Å². The van der Waals surface area contributed by atoms with Crippen molar-refractivity contribution in [3.8, 4) is 0 Å². The van der Waals surface area contributed by atoms with Crippen molar-refractivity contribution in [3.05, 3.63) is 0 Å². The van der Waals surface area contributed by atoms with Gasteiger partial charge in [0.05, 0.1) is 12.7 Å². The highest BCUT2D eigenvalue weighted by atomic mass is 16.7. The number of methoxy groups -OCH3 is 1. The Balaban J connectivity index is 2.41. The molecular weight excluding hydrogens is 224 g/mol. The summed E-state index contributed by atoms with van der Waals surface area (Å²) in [5, 5.41) is 28.3. The largest absolute Gasteiger partial charge is 0.391 e. The zero-order valence-electron chi connectivity index (χ0n) is 10.6. The fraction of sp³-hybridized carbons (Fsp3) is 1.00. The quantitative estimate of drug-likeness (QED) is 0.593. The Labute approximate surface area is 102 Å². The van der Waals surface area contributed by atoms with Crippen molar-refractivity contribution >= 4 is 0 Å². The highest BCUT2D eigenvalue weighted by Gasteiger charge is 2.34. The first-order valence-electron chi connectivity index (χ1n) is 6.24. The number of hydrogen-bond donors (Lipinski definition) is 3. The van der Waals surface area contributed by atoms with Crippen LogP contribution in [0.2, 0.25) is 0 Å². The maximum absolute atomic E-state index is 9.64. The molecule has 5 heteroatoms. The van der Waals surface area contributed by atoms with Gasteiger partial charge in [0, 0.05) is 20.0 Å². The predicted octanol–water partition coefficient (Wildman–Crippen LogP) is 0.412. The van der Waals surface area contributed by atoms with E-state index >= 15 is 0 Å². The molecule has 0 aromatic carbocycles. The average molecular weight is 248 g/mol. The third kappa shape index (κ3) is 4.19. The number of aliphatic hydroxyl groups is 3. The normalized spacial score (nSPS) is 25.2. The van der Waals surface area contributed by atoms with Gasteiger partial charge in [0.1, 0.15) is 12.2 Å². The van der Waals surface area contributed by atoms with Crippen molar-refractivity contribution in [1.82, 2.24) is 0 Å². The second-order valence-electron chi connectivity index (χ2n) is 4.79. The van der Waals surface area contributed by atoms with Crippen LogP contribution in [0.4, 0.5) is 0 Å². The molecule has 1 saturated carbocycles. The summed E-state index contributed by atoms with van der Waals surface area (Å²) in [7, 11) is 1.60. The lowest BCUT2D eigenvalue weighted by molar-refractivity contribution is -0.253. The molecule has 3 N–H and O–H groups in total. The number of hydrogen-bond acceptors (Lipinski definition) is 5. The minimum absolute atomic E-state index is 0.0279. The topological polar surface area (TPSA) is 79.2 Å². The van der Waals surface area contributed by atoms with Gasteiger partial charge in [-0.1, -0.05) is 6.42 Å². The molecule has 0 amide bonds. The van der Waals surface area contributed by atoms with Crippen molar-refractivity contribution in [1.29, 1.82) is 0 Å². The summed E-state index contributed by atoms with van der Waals surface area (Å²) < 4.78 is 11.0. The highest BCUT2D eigenvalue weighted by molar-refractivity contribution is 4.77. The molecule has 1 aliphatic carbocycles. The van der Waals surface area contributed by atoms with Crippen molar-refractivity contribution < 1.29 is 24.8 Å². The van der Waals surface area contributed by atoms with Gasteiger partial charge < -0.3 is 24.8 Å². The van der Waals surface area contributed by atoms with E-state index in [2.05, 4.69) is 0 Å². The van der Waals surface area contributed by atoms with Gasteiger partial charge in [0.15, 0.2) is 5.79 Å². The van der Waals surface area contributed by atoms with E-state index in [1.165, 1.54) is 13.3 Å². The van der Waals surface area contributed by atoms with Crippen LogP contribution in [0.25, 0.3) is 0 Å². The summed E-state index contributed by atoms with van der Waals surface area (Å²) in [6.07, 6.45) is 1.62. The van der Waals surface area contributed by atoms with Crippen LogP contribution in [0.15, 0.2) is 0 Å². The molecule has 3 atom stereocenters. The molecule has 0 bridgehead atoms. The van der Waals surface area contributed by atoms with Crippen molar-refractivity contribution in [3.63, 3.8) is 0 Å². The molecule has 5 nitrogen and oxygen atoms in total. The van der Waals surface area contributed by atoms with Crippen LogP contribution in [0.1, 0.15) is 39.0 Å². The summed E-state index contributed by atoms with van der Waals surface area (Å²) in [5.74, 6) is -0.627. The number of ether oxygens (including phenoxy) is 2. The molecule has 0 spiro atoms. The Morgan fingerprint density at radius 2 is 1.71 bits per heavy atom. The van der Waals surface area contributed by atoms with E-state index in [1.807, 2.05) is 0 Å². The minimum atomic E-state index is -1.19. The SMILES string of the molecule is COC1(OCC(O)C(O)C(C)O)CCCCC1. The van der Waals surface area contributed by atoms with Crippen molar-refractivity contribution in [2.24, 2.45) is 0 Å². The van der Waals surface area contributed by atoms with E-state index in [9.17, 15) is 10.2 Å². The van der Waals surface area contributed by atoms with Crippen LogP contribution in [-0.2, 0) is 9.47 Å². The first-order chi connectivity index (χ1) is 8.01. The van der Waals surface area contributed by atoms with E-state index in [0.29, 0.717) is 0 Å². The molecule has 0 heterocycles. The van der Waals surface area contributed by atoms with E-state index in [-0.39, 0.29) is 6.61 Å². The van der Waals surface area contributed by atoms with E-state index in [1.54, 1.807) is 7.11 Å². The molecule has 0 saturated heterocycles. The molecule has 102 valence electrons. The molecule has 1 fully saturated rings. The molecule has 0 aromatic heterocycles. The first-order valence-corrected chi connectivity index (χ1v) is 6.24. The Morgan fingerprint density at radius 1 is 1.12 bits per heavy atom. The molecular formula is C12H24O5. The molecule has 0 aromatic rings. The lowest BCUT2D eigenvalue weighted by Gasteiger charge is -2.36. The predicted molar refractivity (Wildman–Crippen MR) is 62.5 cm³/mol. The maximum Gasteiger partial charge on any atom is 0.168 e. The van der Waals surface area contributed by atoms with Gasteiger partial charge in [-0.2, -0.15) is 0 Å². The summed E-state index contributed by atoms with van der Waals surface area (Å²) in [6, 6.07) is 0. The second kappa shape index (κ2) is 6.66. The smallest absolute Gasteiger partial charge is 0.168 e. The minimum Gasteiger partial charge on any atom is -0.391 e. The summed E-state index contributed by atoms with van der Waals surface area (Å²) in [5.41, 5.74) is 0. The first kappa shape index (κ1) is 14.9. The summed E-state index contributed by atoms with van der Waals surface area (Å²) in [6.45, 7) is 1.40. The average Bonchev–Trinajstić information content (AvgIpc) is 2.36. The Bertz CT molecular complexity index is 213. The molecule has 3 unspecified atom stereocenters. The van der Waals surface area contributed by atoms with Gasteiger partial charge in [-0.05, 0) is 19.8 Å². The van der Waals surface area contributed by atoms with Crippen molar-refractivity contribution in [2.45, 2.75) is 63.1 Å². The van der Waals surface area contributed by atoms with Gasteiger partial charge in [-0.3, -0.25) is 0 Å². The third-order valence-electron chi connectivity index (χ3n) is 3.39. The van der Waals surface area contributed by atoms with E-state index in [0.717, 1.165) is 25.7 Å². The van der Waals surface area contributed by atoms with Crippen molar-refractivity contribution in [2.75, 3.05) is 13.7 Å². The van der Waals surface area contributed by atoms with Gasteiger partial charge in [0.25, 0.3) is 0 Å². The molecule has 1 rings (SSSR count). The third-order valence-corrected chi connectivity index (χ3v) is 3.39. The zero-order valence-corrected chi connectivity index (χ0v) is 10.6. The molecule has 0 radical (unpaired) electrons. The fourth-order valence-corrected chi connectivity index (χ4v) is 2.16. The van der Waals surface area contributed by atoms with E-state index in [4.69, 9.17) is 14.6 Å². The Kier molecular flexibility index (Phi) is 5.82. The van der Waals surface area contributed by atoms with Crippen LogP contribution in [-0.4, -0.2) is 53.1 Å². The monoisotopic (exact) mass is 248 g/mol. The van der Waals surface area contributed by atoms with Crippen LogP contribution in [0.5, 0.6) is 0 Å². The van der Waals surface area contributed by atoms with Crippen LogP contribution in [0, 0.1) is 0 Å². The Hall–Kier alpha value is -0.200. The number of aliphatic hydroxyl groups excluding tert-OH is 3. The molecule has 1 aliphatic rings. The number of rotatable bonds is 6. The lowest BCUT2D eigenvalue weighted by atomic mass is 9.94. The van der Waals surface area contributed by atoms with Crippen LogP contribution < -0.4 is 0 Å². The second-order valence-corrected chi connectivity index (χ2v) is 4.79. The lowest BCUT2D eigenvalue weighted by Crippen LogP contribution is -2.44. The standard InChI is InChI=1S/C12H24O5/c1-9(13)11(15)10(14)8-17-12(16-2)6-4-3-5-7-12/h9-11,13-15H,3-8H2,1-2H3. The fourth-order valence-electron chi connectivity index (χ4n) is 2.16.